The Labute approximate surface area is 187 Å². The number of hydrogen-bond donors (Lipinski definition) is 0. The Bertz CT molecular complexity index is 683. The molecule has 0 radical (unpaired) electrons. The predicted octanol–water partition coefficient (Wildman–Crippen LogP) is 3.76. The standard InChI is InChI=1S/C25H39N3O3/c1-2-27-13-5-21(6-14-27)19-24(29)28-15-9-25(10-16-28)20-22(8-18-31-25)7-17-30-23-3-11-26-12-4-23/h3-4,11-12,21-22H,2,5-10,13-20H2,1H3. The van der Waals surface area contributed by atoms with Crippen molar-refractivity contribution in [1.29, 1.82) is 0 Å². The van der Waals surface area contributed by atoms with Crippen molar-refractivity contribution in [1.82, 2.24) is 14.8 Å². The van der Waals surface area contributed by atoms with Gasteiger partial charge < -0.3 is 19.3 Å². The Morgan fingerprint density at radius 1 is 1.13 bits per heavy atom. The van der Waals surface area contributed by atoms with Gasteiger partial charge in [0.2, 0.25) is 5.91 Å². The van der Waals surface area contributed by atoms with E-state index in [1.54, 1.807) is 12.4 Å². The number of carbonyl (C=O) groups is 1. The SMILES string of the molecule is CCN1CCC(CC(=O)N2CCC3(CC2)CC(CCOc2ccncc2)CCO3)CC1. The molecule has 0 bridgehead atoms. The third-order valence-electron chi connectivity index (χ3n) is 7.68. The van der Waals surface area contributed by atoms with Crippen LogP contribution in [0.3, 0.4) is 0 Å². The minimum Gasteiger partial charge on any atom is -0.493 e. The van der Waals surface area contributed by atoms with Crippen LogP contribution >= 0.6 is 0 Å². The normalized spacial score (nSPS) is 24.9. The van der Waals surface area contributed by atoms with Crippen molar-refractivity contribution < 1.29 is 14.3 Å². The van der Waals surface area contributed by atoms with Crippen molar-refractivity contribution in [2.45, 2.75) is 63.9 Å². The highest BCUT2D eigenvalue weighted by Crippen LogP contribution is 2.39. The zero-order valence-electron chi connectivity index (χ0n) is 19.1. The number of amides is 1. The molecule has 1 aromatic heterocycles. The van der Waals surface area contributed by atoms with Crippen molar-refractivity contribution >= 4 is 5.91 Å². The molecule has 3 aliphatic heterocycles. The summed E-state index contributed by atoms with van der Waals surface area (Å²) < 4.78 is 12.2. The summed E-state index contributed by atoms with van der Waals surface area (Å²) in [5, 5.41) is 0. The molecule has 6 nitrogen and oxygen atoms in total. The summed E-state index contributed by atoms with van der Waals surface area (Å²) in [5.74, 6) is 2.47. The smallest absolute Gasteiger partial charge is 0.222 e. The molecule has 1 amide bonds. The van der Waals surface area contributed by atoms with E-state index in [9.17, 15) is 4.79 Å². The van der Waals surface area contributed by atoms with Crippen LogP contribution in [0.4, 0.5) is 0 Å². The van der Waals surface area contributed by atoms with E-state index in [0.29, 0.717) is 17.7 Å². The number of ether oxygens (including phenoxy) is 2. The molecule has 0 saturated carbocycles. The molecule has 1 spiro atoms. The Morgan fingerprint density at radius 3 is 2.58 bits per heavy atom. The van der Waals surface area contributed by atoms with Crippen LogP contribution in [-0.2, 0) is 9.53 Å². The van der Waals surface area contributed by atoms with Gasteiger partial charge in [0.05, 0.1) is 12.2 Å². The summed E-state index contributed by atoms with van der Waals surface area (Å²) in [6.45, 7) is 8.94. The molecule has 3 saturated heterocycles. The van der Waals surface area contributed by atoms with Crippen molar-refractivity contribution in [3.63, 3.8) is 0 Å². The van der Waals surface area contributed by atoms with E-state index in [0.717, 1.165) is 90.2 Å². The monoisotopic (exact) mass is 429 g/mol. The van der Waals surface area contributed by atoms with Crippen LogP contribution < -0.4 is 4.74 Å². The van der Waals surface area contributed by atoms with Gasteiger partial charge in [-0.3, -0.25) is 9.78 Å². The first-order chi connectivity index (χ1) is 15.2. The van der Waals surface area contributed by atoms with E-state index in [-0.39, 0.29) is 5.60 Å². The Balaban J connectivity index is 1.18. The van der Waals surface area contributed by atoms with E-state index < -0.39 is 0 Å². The number of rotatable bonds is 7. The van der Waals surface area contributed by atoms with Crippen LogP contribution in [0.5, 0.6) is 5.75 Å². The fourth-order valence-corrected chi connectivity index (χ4v) is 5.55. The largest absolute Gasteiger partial charge is 0.493 e. The first-order valence-corrected chi connectivity index (χ1v) is 12.3. The van der Waals surface area contributed by atoms with Crippen molar-refractivity contribution in [2.24, 2.45) is 11.8 Å². The second-order valence-electron chi connectivity index (χ2n) is 9.67. The summed E-state index contributed by atoms with van der Waals surface area (Å²) in [4.78, 5) is 21.5. The topological polar surface area (TPSA) is 54.9 Å². The van der Waals surface area contributed by atoms with Crippen molar-refractivity contribution in [3.05, 3.63) is 24.5 Å². The number of aromatic nitrogens is 1. The fourth-order valence-electron chi connectivity index (χ4n) is 5.55. The summed E-state index contributed by atoms with van der Waals surface area (Å²) in [6, 6.07) is 3.82. The molecule has 1 aromatic rings. The molecule has 0 N–H and O–H groups in total. The second kappa shape index (κ2) is 10.8. The Morgan fingerprint density at radius 2 is 1.87 bits per heavy atom. The third-order valence-corrected chi connectivity index (χ3v) is 7.68. The van der Waals surface area contributed by atoms with Crippen LogP contribution in [0, 0.1) is 11.8 Å². The van der Waals surface area contributed by atoms with Gasteiger partial charge >= 0.3 is 0 Å². The van der Waals surface area contributed by atoms with Crippen LogP contribution in [0.25, 0.3) is 0 Å². The molecule has 1 atom stereocenters. The van der Waals surface area contributed by atoms with Crippen molar-refractivity contribution in [2.75, 3.05) is 45.9 Å². The number of pyridine rings is 1. The van der Waals surface area contributed by atoms with Crippen molar-refractivity contribution in [3.8, 4) is 5.75 Å². The van der Waals surface area contributed by atoms with Gasteiger partial charge in [-0.2, -0.15) is 0 Å². The minimum absolute atomic E-state index is 0.0250. The van der Waals surface area contributed by atoms with E-state index in [2.05, 4.69) is 21.7 Å². The van der Waals surface area contributed by atoms with E-state index in [1.165, 1.54) is 12.8 Å². The fraction of sp³-hybridized carbons (Fsp3) is 0.760. The van der Waals surface area contributed by atoms with Gasteiger partial charge in [-0.25, -0.2) is 0 Å². The van der Waals surface area contributed by atoms with Gasteiger partial charge in [-0.05, 0) is 88.5 Å². The first kappa shape index (κ1) is 22.5. The average molecular weight is 430 g/mol. The lowest BCUT2D eigenvalue weighted by atomic mass is 9.78. The Hall–Kier alpha value is -1.66. The highest BCUT2D eigenvalue weighted by Gasteiger charge is 2.41. The molecule has 0 aromatic carbocycles. The molecule has 6 heteroatoms. The molecule has 4 rings (SSSR count). The maximum absolute atomic E-state index is 12.9. The van der Waals surface area contributed by atoms with E-state index in [1.807, 2.05) is 12.1 Å². The molecule has 4 heterocycles. The molecule has 0 aliphatic carbocycles. The van der Waals surface area contributed by atoms with Gasteiger partial charge in [0.25, 0.3) is 0 Å². The lowest BCUT2D eigenvalue weighted by Gasteiger charge is -2.46. The number of likely N-dealkylation sites (tertiary alicyclic amines) is 2. The lowest BCUT2D eigenvalue weighted by molar-refractivity contribution is -0.148. The van der Waals surface area contributed by atoms with Gasteiger partial charge in [-0.1, -0.05) is 6.92 Å². The average Bonchev–Trinajstić information content (AvgIpc) is 2.81. The highest BCUT2D eigenvalue weighted by molar-refractivity contribution is 5.76. The summed E-state index contributed by atoms with van der Waals surface area (Å²) in [5.41, 5.74) is -0.0250. The predicted molar refractivity (Wildman–Crippen MR) is 121 cm³/mol. The number of nitrogens with zero attached hydrogens (tertiary/aromatic N) is 3. The number of hydrogen-bond acceptors (Lipinski definition) is 5. The summed E-state index contributed by atoms with van der Waals surface area (Å²) >= 11 is 0. The van der Waals surface area contributed by atoms with Gasteiger partial charge in [0.1, 0.15) is 5.75 Å². The summed E-state index contributed by atoms with van der Waals surface area (Å²) in [7, 11) is 0. The Kier molecular flexibility index (Phi) is 7.83. The summed E-state index contributed by atoms with van der Waals surface area (Å²) in [6.07, 6.45) is 11.8. The zero-order valence-corrected chi connectivity index (χ0v) is 19.1. The highest BCUT2D eigenvalue weighted by atomic mass is 16.5. The van der Waals surface area contributed by atoms with Crippen LogP contribution in [0.1, 0.15) is 58.3 Å². The number of piperidine rings is 2. The van der Waals surface area contributed by atoms with E-state index in [4.69, 9.17) is 9.47 Å². The molecule has 172 valence electrons. The van der Waals surface area contributed by atoms with Gasteiger partial charge in [-0.15, -0.1) is 0 Å². The third kappa shape index (κ3) is 6.19. The quantitative estimate of drug-likeness (QED) is 0.661. The molecule has 31 heavy (non-hydrogen) atoms. The van der Waals surface area contributed by atoms with Crippen LogP contribution in [-0.4, -0.2) is 72.2 Å². The minimum atomic E-state index is -0.0250. The molecular weight excluding hydrogens is 390 g/mol. The molecular formula is C25H39N3O3. The lowest BCUT2D eigenvalue weighted by Crippen LogP contribution is -2.51. The number of carbonyl (C=O) groups excluding carboxylic acids is 1. The molecule has 3 fully saturated rings. The molecule has 1 unspecified atom stereocenters. The zero-order chi connectivity index (χ0) is 21.5. The van der Waals surface area contributed by atoms with Crippen LogP contribution in [0.2, 0.25) is 0 Å². The maximum Gasteiger partial charge on any atom is 0.222 e. The molecule has 3 aliphatic rings. The first-order valence-electron chi connectivity index (χ1n) is 12.3. The van der Waals surface area contributed by atoms with Gasteiger partial charge in [0.15, 0.2) is 0 Å². The second-order valence-corrected chi connectivity index (χ2v) is 9.67. The van der Waals surface area contributed by atoms with Crippen LogP contribution in [0.15, 0.2) is 24.5 Å². The van der Waals surface area contributed by atoms with E-state index >= 15 is 0 Å². The van der Waals surface area contributed by atoms with Gasteiger partial charge in [0, 0.05) is 38.5 Å². The maximum atomic E-state index is 12.9.